The lowest BCUT2D eigenvalue weighted by Gasteiger charge is -2.23. The van der Waals surface area contributed by atoms with Gasteiger partial charge in [-0.1, -0.05) is 43.3 Å². The first kappa shape index (κ1) is 14.3. The van der Waals surface area contributed by atoms with Crippen molar-refractivity contribution < 1.29 is 0 Å². The van der Waals surface area contributed by atoms with Gasteiger partial charge >= 0.3 is 0 Å². The second-order valence-electron chi connectivity index (χ2n) is 5.31. The van der Waals surface area contributed by atoms with E-state index >= 15 is 0 Å². The second-order valence-corrected chi connectivity index (χ2v) is 5.31. The highest BCUT2D eigenvalue weighted by atomic mass is 15.1. The Hall–Kier alpha value is -1.12. The van der Waals surface area contributed by atoms with Crippen LogP contribution in [0.4, 0.5) is 0 Å². The topological polar surface area (TPSA) is 15.3 Å². The summed E-state index contributed by atoms with van der Waals surface area (Å²) in [5.41, 5.74) is 2.87. The number of nitrogens with zero attached hydrogens (tertiary/aromatic N) is 1. The third kappa shape index (κ3) is 5.17. The van der Waals surface area contributed by atoms with E-state index in [-0.39, 0.29) is 0 Å². The lowest BCUT2D eigenvalue weighted by Crippen LogP contribution is -2.26. The van der Waals surface area contributed by atoms with Crippen LogP contribution in [0.1, 0.15) is 30.9 Å². The molecule has 0 fully saturated rings. The van der Waals surface area contributed by atoms with Gasteiger partial charge in [-0.3, -0.25) is 4.90 Å². The molecule has 0 aliphatic carbocycles. The Balaban J connectivity index is 1.76. The van der Waals surface area contributed by atoms with E-state index in [1.165, 1.54) is 30.5 Å². The molecule has 1 N–H and O–H groups in total. The summed E-state index contributed by atoms with van der Waals surface area (Å²) in [5, 5.41) is 3.45. The molecule has 0 spiro atoms. The van der Waals surface area contributed by atoms with Gasteiger partial charge in [0.1, 0.15) is 0 Å². The zero-order chi connectivity index (χ0) is 13.3. The van der Waals surface area contributed by atoms with Gasteiger partial charge in [0.25, 0.3) is 0 Å². The molecule has 0 atom stereocenters. The molecule has 2 rings (SSSR count). The standard InChI is InChI=1S/C17H26N2/c1-2-11-18-12-10-16-6-8-17(9-7-16)15-19-13-4-3-5-14-19/h3-4,6-9,18H,2,5,10-15H2,1H3. The Morgan fingerprint density at radius 3 is 2.53 bits per heavy atom. The Bertz CT molecular complexity index is 381. The highest BCUT2D eigenvalue weighted by molar-refractivity contribution is 5.23. The molecule has 2 nitrogen and oxygen atoms in total. The number of nitrogens with one attached hydrogen (secondary N) is 1. The molecule has 104 valence electrons. The number of hydrogen-bond acceptors (Lipinski definition) is 2. The molecule has 0 radical (unpaired) electrons. The number of rotatable bonds is 7. The minimum atomic E-state index is 1.08. The Kier molecular flexibility index (Phi) is 6.12. The van der Waals surface area contributed by atoms with E-state index in [9.17, 15) is 0 Å². The first-order valence-electron chi connectivity index (χ1n) is 7.54. The fourth-order valence-electron chi connectivity index (χ4n) is 2.44. The van der Waals surface area contributed by atoms with Gasteiger partial charge in [-0.2, -0.15) is 0 Å². The van der Waals surface area contributed by atoms with Gasteiger partial charge in [0.15, 0.2) is 0 Å². The SMILES string of the molecule is CCCNCCc1ccc(CN2CC=CCC2)cc1. The second kappa shape index (κ2) is 8.13. The van der Waals surface area contributed by atoms with Crippen LogP contribution in [0.15, 0.2) is 36.4 Å². The number of hydrogen-bond donors (Lipinski definition) is 1. The maximum Gasteiger partial charge on any atom is 0.0237 e. The van der Waals surface area contributed by atoms with Crippen LogP contribution in [-0.2, 0) is 13.0 Å². The Morgan fingerprint density at radius 2 is 1.84 bits per heavy atom. The molecule has 0 unspecified atom stereocenters. The van der Waals surface area contributed by atoms with Crippen molar-refractivity contribution in [2.45, 2.75) is 32.7 Å². The van der Waals surface area contributed by atoms with Gasteiger partial charge in [0, 0.05) is 19.6 Å². The molecular formula is C17H26N2. The third-order valence-electron chi connectivity index (χ3n) is 3.59. The smallest absolute Gasteiger partial charge is 0.0237 e. The summed E-state index contributed by atoms with van der Waals surface area (Å²) in [4.78, 5) is 2.50. The first-order valence-corrected chi connectivity index (χ1v) is 7.54. The molecule has 19 heavy (non-hydrogen) atoms. The summed E-state index contributed by atoms with van der Waals surface area (Å²) in [6, 6.07) is 9.13. The Labute approximate surface area is 117 Å². The van der Waals surface area contributed by atoms with Gasteiger partial charge in [-0.15, -0.1) is 0 Å². The average Bonchev–Trinajstić information content (AvgIpc) is 2.46. The molecule has 1 aliphatic heterocycles. The highest BCUT2D eigenvalue weighted by Crippen LogP contribution is 2.10. The Morgan fingerprint density at radius 1 is 1.05 bits per heavy atom. The zero-order valence-corrected chi connectivity index (χ0v) is 12.1. The van der Waals surface area contributed by atoms with Crippen molar-refractivity contribution in [2.75, 3.05) is 26.2 Å². The van der Waals surface area contributed by atoms with Crippen molar-refractivity contribution >= 4 is 0 Å². The largest absolute Gasteiger partial charge is 0.316 e. The highest BCUT2D eigenvalue weighted by Gasteiger charge is 2.06. The summed E-state index contributed by atoms with van der Waals surface area (Å²) in [5.74, 6) is 0. The van der Waals surface area contributed by atoms with Crippen LogP contribution in [0.2, 0.25) is 0 Å². The summed E-state index contributed by atoms with van der Waals surface area (Å²) in [7, 11) is 0. The summed E-state index contributed by atoms with van der Waals surface area (Å²) in [6.45, 7) is 7.79. The quantitative estimate of drug-likeness (QED) is 0.597. The normalized spacial score (nSPS) is 15.8. The minimum Gasteiger partial charge on any atom is -0.316 e. The first-order chi connectivity index (χ1) is 9.38. The molecule has 0 aromatic heterocycles. The van der Waals surface area contributed by atoms with E-state index < -0.39 is 0 Å². The van der Waals surface area contributed by atoms with E-state index in [1.54, 1.807) is 0 Å². The van der Waals surface area contributed by atoms with E-state index in [2.05, 4.69) is 53.6 Å². The van der Waals surface area contributed by atoms with Crippen LogP contribution in [0.3, 0.4) is 0 Å². The molecule has 0 saturated heterocycles. The predicted molar refractivity (Wildman–Crippen MR) is 82.3 cm³/mol. The molecule has 0 saturated carbocycles. The molecule has 1 aliphatic rings. The zero-order valence-electron chi connectivity index (χ0n) is 12.1. The molecule has 0 amide bonds. The van der Waals surface area contributed by atoms with Gasteiger partial charge in [-0.05, 0) is 43.5 Å². The van der Waals surface area contributed by atoms with E-state index in [0.29, 0.717) is 0 Å². The third-order valence-corrected chi connectivity index (χ3v) is 3.59. The van der Waals surface area contributed by atoms with Crippen molar-refractivity contribution in [3.8, 4) is 0 Å². The number of benzene rings is 1. The molecule has 1 aromatic carbocycles. The lowest BCUT2D eigenvalue weighted by atomic mass is 10.1. The van der Waals surface area contributed by atoms with Gasteiger partial charge < -0.3 is 5.32 Å². The van der Waals surface area contributed by atoms with Crippen LogP contribution < -0.4 is 5.32 Å². The van der Waals surface area contributed by atoms with Crippen molar-refractivity contribution in [3.05, 3.63) is 47.5 Å². The van der Waals surface area contributed by atoms with Crippen LogP contribution in [0.25, 0.3) is 0 Å². The average molecular weight is 258 g/mol. The van der Waals surface area contributed by atoms with Crippen molar-refractivity contribution in [2.24, 2.45) is 0 Å². The van der Waals surface area contributed by atoms with E-state index in [4.69, 9.17) is 0 Å². The maximum atomic E-state index is 3.45. The minimum absolute atomic E-state index is 1.08. The van der Waals surface area contributed by atoms with Crippen LogP contribution in [0.5, 0.6) is 0 Å². The maximum absolute atomic E-state index is 3.45. The monoisotopic (exact) mass is 258 g/mol. The van der Waals surface area contributed by atoms with Crippen molar-refractivity contribution in [1.29, 1.82) is 0 Å². The molecule has 0 bridgehead atoms. The van der Waals surface area contributed by atoms with Crippen LogP contribution in [-0.4, -0.2) is 31.1 Å². The van der Waals surface area contributed by atoms with Crippen molar-refractivity contribution in [1.82, 2.24) is 10.2 Å². The van der Waals surface area contributed by atoms with Crippen LogP contribution >= 0.6 is 0 Å². The van der Waals surface area contributed by atoms with Gasteiger partial charge in [0.05, 0.1) is 0 Å². The molecule has 2 heteroatoms. The predicted octanol–water partition coefficient (Wildman–Crippen LogP) is 2.99. The fraction of sp³-hybridized carbons (Fsp3) is 0.529. The summed E-state index contributed by atoms with van der Waals surface area (Å²) < 4.78 is 0. The fourth-order valence-corrected chi connectivity index (χ4v) is 2.44. The summed E-state index contributed by atoms with van der Waals surface area (Å²) in [6.07, 6.45) is 8.09. The molecular weight excluding hydrogens is 232 g/mol. The van der Waals surface area contributed by atoms with Gasteiger partial charge in [-0.25, -0.2) is 0 Å². The molecule has 1 aromatic rings. The lowest BCUT2D eigenvalue weighted by molar-refractivity contribution is 0.290. The van der Waals surface area contributed by atoms with E-state index in [1.807, 2.05) is 0 Å². The van der Waals surface area contributed by atoms with Crippen molar-refractivity contribution in [3.63, 3.8) is 0 Å². The van der Waals surface area contributed by atoms with Gasteiger partial charge in [0.2, 0.25) is 0 Å². The van der Waals surface area contributed by atoms with Crippen LogP contribution in [0, 0.1) is 0 Å². The van der Waals surface area contributed by atoms with E-state index in [0.717, 1.165) is 32.6 Å². The molecule has 1 heterocycles. The summed E-state index contributed by atoms with van der Waals surface area (Å²) >= 11 is 0.